The Balaban J connectivity index is 0.00000256. The molecule has 0 saturated heterocycles. The number of hydrogen-bond acceptors (Lipinski definition) is 2. The fourth-order valence-corrected chi connectivity index (χ4v) is 1.63. The maximum atomic E-state index is 13.0. The van der Waals surface area contributed by atoms with Gasteiger partial charge in [-0.1, -0.05) is 38.4 Å². The number of aliphatic hydroxyl groups excluding tert-OH is 1. The van der Waals surface area contributed by atoms with E-state index in [2.05, 4.69) is 0 Å². The van der Waals surface area contributed by atoms with Crippen LogP contribution in [0, 0.1) is 11.2 Å². The molecule has 0 aliphatic heterocycles. The van der Waals surface area contributed by atoms with Gasteiger partial charge in [0.2, 0.25) is 0 Å². The number of rotatable bonds is 2. The molecular formula is C12H18Cl2FNO. The van der Waals surface area contributed by atoms with Crippen LogP contribution in [-0.2, 0) is 0 Å². The highest BCUT2D eigenvalue weighted by Crippen LogP contribution is 2.30. The van der Waals surface area contributed by atoms with E-state index in [1.165, 1.54) is 12.1 Å². The van der Waals surface area contributed by atoms with Crippen LogP contribution < -0.4 is 5.73 Å². The van der Waals surface area contributed by atoms with Crippen LogP contribution in [0.3, 0.4) is 0 Å². The van der Waals surface area contributed by atoms with Crippen LogP contribution >= 0.6 is 24.0 Å². The van der Waals surface area contributed by atoms with Gasteiger partial charge in [-0.25, -0.2) is 4.39 Å². The highest BCUT2D eigenvalue weighted by molar-refractivity contribution is 6.30. The van der Waals surface area contributed by atoms with Gasteiger partial charge in [0.25, 0.3) is 0 Å². The summed E-state index contributed by atoms with van der Waals surface area (Å²) in [6.07, 6.45) is -0.714. The second-order valence-electron chi connectivity index (χ2n) is 5.01. The quantitative estimate of drug-likeness (QED) is 0.874. The van der Waals surface area contributed by atoms with Crippen molar-refractivity contribution in [3.05, 3.63) is 34.6 Å². The molecule has 0 amide bonds. The van der Waals surface area contributed by atoms with Crippen LogP contribution in [0.5, 0.6) is 0 Å². The monoisotopic (exact) mass is 281 g/mol. The summed E-state index contributed by atoms with van der Waals surface area (Å²) in [5.74, 6) is -0.483. The molecule has 17 heavy (non-hydrogen) atoms. The molecule has 0 aliphatic carbocycles. The minimum atomic E-state index is -0.714. The van der Waals surface area contributed by atoms with E-state index in [0.717, 1.165) is 0 Å². The van der Waals surface area contributed by atoms with Crippen molar-refractivity contribution in [3.63, 3.8) is 0 Å². The zero-order valence-corrected chi connectivity index (χ0v) is 11.6. The van der Waals surface area contributed by atoms with Crippen LogP contribution in [0.4, 0.5) is 4.39 Å². The third-order valence-corrected chi connectivity index (χ3v) is 2.85. The summed E-state index contributed by atoms with van der Waals surface area (Å²) in [5.41, 5.74) is 6.21. The maximum absolute atomic E-state index is 13.0. The molecule has 0 fully saturated rings. The van der Waals surface area contributed by atoms with Gasteiger partial charge < -0.3 is 10.8 Å². The Labute approximate surface area is 112 Å². The zero-order chi connectivity index (χ0) is 12.5. The Hall–Kier alpha value is -0.350. The molecule has 1 aromatic carbocycles. The molecular weight excluding hydrogens is 264 g/mol. The first-order valence-electron chi connectivity index (χ1n) is 5.12. The second kappa shape index (κ2) is 6.01. The van der Waals surface area contributed by atoms with E-state index in [4.69, 9.17) is 17.3 Å². The van der Waals surface area contributed by atoms with Gasteiger partial charge in [-0.15, -0.1) is 12.4 Å². The van der Waals surface area contributed by atoms with Gasteiger partial charge in [-0.2, -0.15) is 0 Å². The van der Waals surface area contributed by atoms with Crippen molar-refractivity contribution < 1.29 is 9.50 Å². The molecule has 0 bridgehead atoms. The Bertz CT molecular complexity index is 379. The second-order valence-corrected chi connectivity index (χ2v) is 5.42. The smallest absolute Gasteiger partial charge is 0.141 e. The van der Waals surface area contributed by atoms with Crippen LogP contribution in [-0.4, -0.2) is 11.2 Å². The number of halogens is 3. The van der Waals surface area contributed by atoms with Gasteiger partial charge in [0.1, 0.15) is 5.82 Å². The molecule has 98 valence electrons. The van der Waals surface area contributed by atoms with E-state index in [9.17, 15) is 9.50 Å². The summed E-state index contributed by atoms with van der Waals surface area (Å²) in [6.45, 7) is 5.67. The summed E-state index contributed by atoms with van der Waals surface area (Å²) >= 11 is 5.66. The SMILES string of the molecule is CC(C)(C)[C@@H](O)[C@@H](N)c1ccc(F)c(Cl)c1.Cl. The molecule has 0 unspecified atom stereocenters. The predicted octanol–water partition coefficient (Wildman–Crippen LogP) is 3.31. The lowest BCUT2D eigenvalue weighted by atomic mass is 9.82. The molecule has 0 aromatic heterocycles. The first kappa shape index (κ1) is 16.6. The van der Waals surface area contributed by atoms with Crippen LogP contribution in [0.2, 0.25) is 5.02 Å². The fourth-order valence-electron chi connectivity index (χ4n) is 1.44. The predicted molar refractivity (Wildman–Crippen MR) is 71.0 cm³/mol. The highest BCUT2D eigenvalue weighted by atomic mass is 35.5. The molecule has 2 nitrogen and oxygen atoms in total. The first-order valence-corrected chi connectivity index (χ1v) is 5.50. The van der Waals surface area contributed by atoms with Crippen LogP contribution in [0.1, 0.15) is 32.4 Å². The van der Waals surface area contributed by atoms with Crippen molar-refractivity contribution in [2.24, 2.45) is 11.1 Å². The molecule has 1 aromatic rings. The van der Waals surface area contributed by atoms with Crippen molar-refractivity contribution in [1.29, 1.82) is 0 Å². The average molecular weight is 282 g/mol. The topological polar surface area (TPSA) is 46.2 Å². The van der Waals surface area contributed by atoms with Gasteiger partial charge in [-0.05, 0) is 23.1 Å². The molecule has 2 atom stereocenters. The van der Waals surface area contributed by atoms with Gasteiger partial charge in [0, 0.05) is 0 Å². The Morgan fingerprint density at radius 3 is 2.29 bits per heavy atom. The van der Waals surface area contributed by atoms with Crippen LogP contribution in [0.25, 0.3) is 0 Å². The van der Waals surface area contributed by atoms with Gasteiger partial charge in [0.05, 0.1) is 17.2 Å². The van der Waals surface area contributed by atoms with Crippen molar-refractivity contribution in [2.75, 3.05) is 0 Å². The summed E-state index contributed by atoms with van der Waals surface area (Å²) in [6, 6.07) is 3.68. The third kappa shape index (κ3) is 4.11. The van der Waals surface area contributed by atoms with Gasteiger partial charge in [-0.3, -0.25) is 0 Å². The summed E-state index contributed by atoms with van der Waals surface area (Å²) in [7, 11) is 0. The average Bonchev–Trinajstić information content (AvgIpc) is 2.18. The molecule has 1 rings (SSSR count). The van der Waals surface area contributed by atoms with Crippen molar-refractivity contribution in [1.82, 2.24) is 0 Å². The zero-order valence-electron chi connectivity index (χ0n) is 10.1. The third-order valence-electron chi connectivity index (χ3n) is 2.56. The van der Waals surface area contributed by atoms with E-state index in [-0.39, 0.29) is 22.8 Å². The van der Waals surface area contributed by atoms with Crippen molar-refractivity contribution >= 4 is 24.0 Å². The van der Waals surface area contributed by atoms with Gasteiger partial charge >= 0.3 is 0 Å². The minimum Gasteiger partial charge on any atom is -0.391 e. The minimum absolute atomic E-state index is 0. The van der Waals surface area contributed by atoms with Crippen LogP contribution in [0.15, 0.2) is 18.2 Å². The summed E-state index contributed by atoms with van der Waals surface area (Å²) in [5, 5.41) is 10.0. The first-order chi connectivity index (χ1) is 7.23. The summed E-state index contributed by atoms with van der Waals surface area (Å²) < 4.78 is 13.0. The Kier molecular flexibility index (Phi) is 5.88. The Morgan fingerprint density at radius 2 is 1.88 bits per heavy atom. The number of benzene rings is 1. The summed E-state index contributed by atoms with van der Waals surface area (Å²) in [4.78, 5) is 0. The molecule has 5 heteroatoms. The molecule has 3 N–H and O–H groups in total. The van der Waals surface area contributed by atoms with Gasteiger partial charge in [0.15, 0.2) is 0 Å². The van der Waals surface area contributed by atoms with Crippen molar-refractivity contribution in [3.8, 4) is 0 Å². The fraction of sp³-hybridized carbons (Fsp3) is 0.500. The number of hydrogen-bond donors (Lipinski definition) is 2. The van der Waals surface area contributed by atoms with E-state index >= 15 is 0 Å². The maximum Gasteiger partial charge on any atom is 0.141 e. The molecule has 0 saturated carbocycles. The largest absolute Gasteiger partial charge is 0.391 e. The normalized spacial score (nSPS) is 15.0. The standard InChI is InChI=1S/C12H17ClFNO.ClH/c1-12(2,3)11(16)10(15)7-4-5-9(14)8(13)6-7;/h4-6,10-11,16H,15H2,1-3H3;1H/t10-,11-;/m0./s1. The Morgan fingerprint density at radius 1 is 1.35 bits per heavy atom. The molecule has 0 spiro atoms. The van der Waals surface area contributed by atoms with Crippen molar-refractivity contribution in [2.45, 2.75) is 32.9 Å². The number of aliphatic hydroxyl groups is 1. The lowest BCUT2D eigenvalue weighted by Gasteiger charge is -2.31. The van der Waals surface area contributed by atoms with E-state index in [0.29, 0.717) is 5.56 Å². The molecule has 0 heterocycles. The lowest BCUT2D eigenvalue weighted by molar-refractivity contribution is 0.0401. The highest BCUT2D eigenvalue weighted by Gasteiger charge is 2.29. The molecule has 0 radical (unpaired) electrons. The molecule has 0 aliphatic rings. The van der Waals surface area contributed by atoms with E-state index in [1.54, 1.807) is 6.07 Å². The van der Waals surface area contributed by atoms with E-state index in [1.807, 2.05) is 20.8 Å². The lowest BCUT2D eigenvalue weighted by Crippen LogP contribution is -2.36. The van der Waals surface area contributed by atoms with E-state index < -0.39 is 18.0 Å². The number of nitrogens with two attached hydrogens (primary N) is 1.